The lowest BCUT2D eigenvalue weighted by atomic mass is 10.1. The topological polar surface area (TPSA) is 81.8 Å². The molecule has 7 heteroatoms. The van der Waals surface area contributed by atoms with E-state index in [2.05, 4.69) is 4.99 Å². The minimum absolute atomic E-state index is 0.0208. The second-order valence-electron chi connectivity index (χ2n) is 5.15. The molecule has 0 amide bonds. The number of benzene rings is 2. The molecule has 1 aliphatic heterocycles. The van der Waals surface area contributed by atoms with Crippen LogP contribution in [0.4, 0.5) is 10.1 Å². The Kier molecular flexibility index (Phi) is 3.91. The molecule has 0 aromatic heterocycles. The zero-order valence-electron chi connectivity index (χ0n) is 12.5. The van der Waals surface area contributed by atoms with E-state index in [1.54, 1.807) is 19.1 Å². The van der Waals surface area contributed by atoms with Gasteiger partial charge in [0.05, 0.1) is 4.92 Å². The van der Waals surface area contributed by atoms with Crippen LogP contribution in [0.1, 0.15) is 16.7 Å². The smallest absolute Gasteiger partial charge is 0.363 e. The monoisotopic (exact) mass is 326 g/mol. The summed E-state index contributed by atoms with van der Waals surface area (Å²) in [6, 6.07) is 9.96. The lowest BCUT2D eigenvalue weighted by Crippen LogP contribution is -2.05. The fourth-order valence-electron chi connectivity index (χ4n) is 2.20. The van der Waals surface area contributed by atoms with Gasteiger partial charge in [0.1, 0.15) is 5.82 Å². The van der Waals surface area contributed by atoms with Gasteiger partial charge in [-0.25, -0.2) is 14.2 Å². The number of esters is 1. The van der Waals surface area contributed by atoms with E-state index >= 15 is 0 Å². The third-order valence-corrected chi connectivity index (χ3v) is 3.44. The molecule has 0 aliphatic carbocycles. The Bertz CT molecular complexity index is 901. The van der Waals surface area contributed by atoms with Gasteiger partial charge in [0.15, 0.2) is 5.70 Å². The Hall–Kier alpha value is -3.35. The van der Waals surface area contributed by atoms with Crippen LogP contribution in [-0.2, 0) is 9.53 Å². The summed E-state index contributed by atoms with van der Waals surface area (Å²) in [4.78, 5) is 26.5. The van der Waals surface area contributed by atoms with E-state index in [9.17, 15) is 19.3 Å². The van der Waals surface area contributed by atoms with Crippen LogP contribution in [0.3, 0.4) is 0 Å². The van der Waals surface area contributed by atoms with Gasteiger partial charge >= 0.3 is 5.97 Å². The van der Waals surface area contributed by atoms with E-state index in [1.807, 2.05) is 0 Å². The first-order valence-electron chi connectivity index (χ1n) is 6.97. The van der Waals surface area contributed by atoms with Crippen LogP contribution < -0.4 is 0 Å². The first kappa shape index (κ1) is 15.5. The number of rotatable bonds is 3. The maximum absolute atomic E-state index is 12.9. The van der Waals surface area contributed by atoms with Crippen LogP contribution in [-0.4, -0.2) is 16.8 Å². The molecule has 1 aliphatic rings. The zero-order valence-corrected chi connectivity index (χ0v) is 12.5. The van der Waals surface area contributed by atoms with Crippen molar-refractivity contribution in [3.8, 4) is 0 Å². The number of nitrogens with zero attached hydrogens (tertiary/aromatic N) is 2. The predicted octanol–water partition coefficient (Wildman–Crippen LogP) is 3.39. The normalized spacial score (nSPS) is 15.3. The second kappa shape index (κ2) is 6.04. The summed E-state index contributed by atoms with van der Waals surface area (Å²) < 4.78 is 18.0. The van der Waals surface area contributed by atoms with Gasteiger partial charge in [-0.2, -0.15) is 0 Å². The minimum atomic E-state index is -0.669. The van der Waals surface area contributed by atoms with Gasteiger partial charge in [0, 0.05) is 17.2 Å². The third kappa shape index (κ3) is 3.05. The number of hydrogen-bond acceptors (Lipinski definition) is 5. The molecule has 0 atom stereocenters. The Morgan fingerprint density at radius 1 is 1.21 bits per heavy atom. The fourth-order valence-corrected chi connectivity index (χ4v) is 2.20. The molecule has 0 unspecified atom stereocenters. The van der Waals surface area contributed by atoms with Gasteiger partial charge in [-0.15, -0.1) is 0 Å². The van der Waals surface area contributed by atoms with Gasteiger partial charge in [-0.1, -0.05) is 12.1 Å². The van der Waals surface area contributed by atoms with Crippen LogP contribution in [0.5, 0.6) is 0 Å². The third-order valence-electron chi connectivity index (χ3n) is 3.44. The number of carbonyl (C=O) groups is 1. The fraction of sp³-hybridized carbons (Fsp3) is 0.0588. The molecule has 0 fully saturated rings. The Morgan fingerprint density at radius 3 is 2.58 bits per heavy atom. The van der Waals surface area contributed by atoms with E-state index in [4.69, 9.17) is 4.74 Å². The molecule has 6 nitrogen and oxygen atoms in total. The molecule has 2 aromatic rings. The Balaban J connectivity index is 1.95. The van der Waals surface area contributed by atoms with Crippen LogP contribution in [0.25, 0.3) is 6.08 Å². The average molecular weight is 326 g/mol. The molecule has 2 aromatic carbocycles. The Labute approximate surface area is 136 Å². The molecule has 1 heterocycles. The summed E-state index contributed by atoms with van der Waals surface area (Å²) in [5.41, 5.74) is 1.42. The van der Waals surface area contributed by atoms with E-state index in [0.717, 1.165) is 0 Å². The highest BCUT2D eigenvalue weighted by atomic mass is 19.1. The summed E-state index contributed by atoms with van der Waals surface area (Å²) in [7, 11) is 0. The number of aliphatic imine (C=N–C) groups is 1. The van der Waals surface area contributed by atoms with Crippen molar-refractivity contribution < 1.29 is 18.8 Å². The van der Waals surface area contributed by atoms with E-state index in [1.165, 1.54) is 36.4 Å². The predicted molar refractivity (Wildman–Crippen MR) is 84.8 cm³/mol. The molecule has 0 saturated carbocycles. The van der Waals surface area contributed by atoms with Gasteiger partial charge in [0.25, 0.3) is 5.69 Å². The van der Waals surface area contributed by atoms with Crippen LogP contribution in [0, 0.1) is 22.9 Å². The summed E-state index contributed by atoms with van der Waals surface area (Å²) in [6.07, 6.45) is 1.41. The molecule has 120 valence electrons. The number of carbonyl (C=O) groups excluding carboxylic acids is 1. The van der Waals surface area contributed by atoms with Crippen molar-refractivity contribution in [1.82, 2.24) is 0 Å². The highest BCUT2D eigenvalue weighted by Crippen LogP contribution is 2.23. The molecule has 0 radical (unpaired) electrons. The number of cyclic esters (lactones) is 1. The molecule has 0 N–H and O–H groups in total. The van der Waals surface area contributed by atoms with E-state index in [0.29, 0.717) is 16.7 Å². The summed E-state index contributed by atoms with van der Waals surface area (Å²) >= 11 is 0. The Morgan fingerprint density at radius 2 is 1.92 bits per heavy atom. The van der Waals surface area contributed by atoms with Crippen molar-refractivity contribution in [2.45, 2.75) is 6.92 Å². The van der Waals surface area contributed by atoms with Crippen LogP contribution in [0.2, 0.25) is 0 Å². The second-order valence-corrected chi connectivity index (χ2v) is 5.15. The number of aryl methyl sites for hydroxylation is 1. The first-order valence-corrected chi connectivity index (χ1v) is 6.97. The molecular weight excluding hydrogens is 315 g/mol. The van der Waals surface area contributed by atoms with Crippen molar-refractivity contribution in [1.29, 1.82) is 0 Å². The van der Waals surface area contributed by atoms with E-state index < -0.39 is 16.7 Å². The lowest BCUT2D eigenvalue weighted by Gasteiger charge is -1.99. The zero-order chi connectivity index (χ0) is 17.3. The molecule has 3 rings (SSSR count). The molecular formula is C17H11FN2O4. The highest BCUT2D eigenvalue weighted by Gasteiger charge is 2.24. The average Bonchev–Trinajstić information content (AvgIpc) is 2.90. The van der Waals surface area contributed by atoms with Crippen molar-refractivity contribution in [3.05, 3.63) is 80.8 Å². The number of nitro groups is 1. The largest absolute Gasteiger partial charge is 0.402 e. The minimum Gasteiger partial charge on any atom is -0.402 e. The SMILES string of the molecule is Cc1ccc(/C=C2\N=C(c3ccc(F)cc3)OC2=O)cc1[N+](=O)[O-]. The number of halogens is 1. The summed E-state index contributed by atoms with van der Waals surface area (Å²) in [5, 5.41) is 11.0. The van der Waals surface area contributed by atoms with Crippen LogP contribution >= 0.6 is 0 Å². The van der Waals surface area contributed by atoms with Crippen molar-refractivity contribution in [2.75, 3.05) is 0 Å². The molecule has 24 heavy (non-hydrogen) atoms. The molecule has 0 bridgehead atoms. The van der Waals surface area contributed by atoms with Gasteiger partial charge < -0.3 is 4.74 Å². The standard InChI is InChI=1S/C17H11FN2O4/c1-10-2-3-11(9-15(10)20(22)23)8-14-17(21)24-16(19-14)12-4-6-13(18)7-5-12/h2-9H,1H3/b14-8-. The molecule has 0 spiro atoms. The lowest BCUT2D eigenvalue weighted by molar-refractivity contribution is -0.385. The first-order chi connectivity index (χ1) is 11.4. The van der Waals surface area contributed by atoms with Crippen LogP contribution in [0.15, 0.2) is 53.2 Å². The number of ether oxygens (including phenoxy) is 1. The molecule has 0 saturated heterocycles. The van der Waals surface area contributed by atoms with Crippen molar-refractivity contribution >= 4 is 23.6 Å². The highest BCUT2D eigenvalue weighted by molar-refractivity contribution is 6.12. The summed E-state index contributed by atoms with van der Waals surface area (Å²) in [5.74, 6) is -1.02. The maximum Gasteiger partial charge on any atom is 0.363 e. The van der Waals surface area contributed by atoms with Crippen molar-refractivity contribution in [3.63, 3.8) is 0 Å². The maximum atomic E-state index is 12.9. The number of nitro benzene ring substituents is 1. The summed E-state index contributed by atoms with van der Waals surface area (Å²) in [6.45, 7) is 1.63. The quantitative estimate of drug-likeness (QED) is 0.375. The van der Waals surface area contributed by atoms with Crippen molar-refractivity contribution in [2.24, 2.45) is 4.99 Å². The van der Waals surface area contributed by atoms with Gasteiger partial charge in [-0.3, -0.25) is 10.1 Å². The van der Waals surface area contributed by atoms with E-state index in [-0.39, 0.29) is 17.3 Å². The van der Waals surface area contributed by atoms with Gasteiger partial charge in [0.2, 0.25) is 5.90 Å². The van der Waals surface area contributed by atoms with Gasteiger partial charge in [-0.05, 0) is 42.8 Å². The number of hydrogen-bond donors (Lipinski definition) is 0.